The number of ether oxygens (including phenoxy) is 3. The van der Waals surface area contributed by atoms with Crippen LogP contribution in [-0.2, 0) is 28.6 Å². The molecule has 0 bridgehead atoms. The molecule has 0 aliphatic heterocycles. The van der Waals surface area contributed by atoms with Gasteiger partial charge in [0.25, 0.3) is 0 Å². The number of hydrogen-bond donors (Lipinski definition) is 0. The number of carbonyl (C=O) groups excluding carboxylic acids is 3. The molecule has 6 nitrogen and oxygen atoms in total. The Morgan fingerprint density at radius 2 is 0.478 bits per heavy atom. The van der Waals surface area contributed by atoms with Gasteiger partial charge in [-0.05, 0) is 44.9 Å². The van der Waals surface area contributed by atoms with Crippen molar-refractivity contribution in [2.45, 2.75) is 361 Å². The highest BCUT2D eigenvalue weighted by Crippen LogP contribution is 2.18. The standard InChI is InChI=1S/C63H120O6/c1-4-7-10-13-16-19-22-25-28-29-30-31-32-33-36-38-41-44-47-50-53-56-62(65)68-59-60(69-63(66)57-54-51-48-45-42-39-35-27-24-21-18-15-12-9-6-3)58-67-61(64)55-52-49-46-43-40-37-34-26-23-20-17-14-11-8-5-2/h27,35,60H,4-26,28-34,36-59H2,1-3H3/b35-27-. The van der Waals surface area contributed by atoms with Crippen molar-refractivity contribution < 1.29 is 28.6 Å². The van der Waals surface area contributed by atoms with E-state index in [1.165, 1.54) is 250 Å². The van der Waals surface area contributed by atoms with Crippen LogP contribution < -0.4 is 0 Å². The molecule has 0 N–H and O–H groups in total. The van der Waals surface area contributed by atoms with Crippen molar-refractivity contribution in [2.24, 2.45) is 0 Å². The van der Waals surface area contributed by atoms with Crippen molar-refractivity contribution in [2.75, 3.05) is 13.2 Å². The van der Waals surface area contributed by atoms with Crippen molar-refractivity contribution in [3.05, 3.63) is 12.2 Å². The Morgan fingerprint density at radius 1 is 0.275 bits per heavy atom. The minimum absolute atomic E-state index is 0.0670. The van der Waals surface area contributed by atoms with Gasteiger partial charge >= 0.3 is 17.9 Å². The van der Waals surface area contributed by atoms with Crippen LogP contribution in [0.2, 0.25) is 0 Å². The van der Waals surface area contributed by atoms with Crippen LogP contribution in [0.5, 0.6) is 0 Å². The van der Waals surface area contributed by atoms with Gasteiger partial charge in [0, 0.05) is 19.3 Å². The minimum Gasteiger partial charge on any atom is -0.462 e. The summed E-state index contributed by atoms with van der Waals surface area (Å²) in [5, 5.41) is 0. The number of unbranched alkanes of at least 4 members (excludes halogenated alkanes) is 45. The van der Waals surface area contributed by atoms with E-state index >= 15 is 0 Å². The Hall–Kier alpha value is -1.85. The topological polar surface area (TPSA) is 78.9 Å². The predicted octanol–water partition coefficient (Wildman–Crippen LogP) is 20.9. The summed E-state index contributed by atoms with van der Waals surface area (Å²) >= 11 is 0. The van der Waals surface area contributed by atoms with Crippen molar-refractivity contribution in [3.8, 4) is 0 Å². The van der Waals surface area contributed by atoms with Crippen LogP contribution in [0.25, 0.3) is 0 Å². The zero-order valence-electron chi connectivity index (χ0n) is 46.9. The van der Waals surface area contributed by atoms with Gasteiger partial charge < -0.3 is 14.2 Å². The fourth-order valence-corrected chi connectivity index (χ4v) is 9.56. The van der Waals surface area contributed by atoms with E-state index in [-0.39, 0.29) is 31.1 Å². The predicted molar refractivity (Wildman–Crippen MR) is 298 cm³/mol. The zero-order valence-corrected chi connectivity index (χ0v) is 46.9. The molecule has 0 fully saturated rings. The van der Waals surface area contributed by atoms with Crippen LogP contribution >= 0.6 is 0 Å². The van der Waals surface area contributed by atoms with Gasteiger partial charge in [0.2, 0.25) is 0 Å². The summed E-state index contributed by atoms with van der Waals surface area (Å²) in [4.78, 5) is 38.2. The number of carbonyl (C=O) groups is 3. The van der Waals surface area contributed by atoms with E-state index in [1.807, 2.05) is 0 Å². The van der Waals surface area contributed by atoms with Crippen molar-refractivity contribution >= 4 is 17.9 Å². The molecule has 0 aromatic rings. The quantitative estimate of drug-likeness (QED) is 0.0261. The average molecular weight is 974 g/mol. The van der Waals surface area contributed by atoms with E-state index in [1.54, 1.807) is 0 Å². The summed E-state index contributed by atoms with van der Waals surface area (Å²) in [7, 11) is 0. The molecule has 0 aromatic carbocycles. The van der Waals surface area contributed by atoms with E-state index < -0.39 is 6.10 Å². The Kier molecular flexibility index (Phi) is 57.1. The second kappa shape index (κ2) is 58.7. The van der Waals surface area contributed by atoms with Crippen LogP contribution in [0, 0.1) is 0 Å². The summed E-state index contributed by atoms with van der Waals surface area (Å²) in [6, 6.07) is 0. The van der Waals surface area contributed by atoms with E-state index in [0.717, 1.165) is 64.2 Å². The Morgan fingerprint density at radius 3 is 0.725 bits per heavy atom. The maximum Gasteiger partial charge on any atom is 0.306 e. The van der Waals surface area contributed by atoms with Crippen LogP contribution in [-0.4, -0.2) is 37.2 Å². The molecule has 0 spiro atoms. The third kappa shape index (κ3) is 56.9. The van der Waals surface area contributed by atoms with Gasteiger partial charge in [0.1, 0.15) is 13.2 Å². The molecule has 0 radical (unpaired) electrons. The van der Waals surface area contributed by atoms with Crippen molar-refractivity contribution in [1.29, 1.82) is 0 Å². The van der Waals surface area contributed by atoms with E-state index in [4.69, 9.17) is 14.2 Å². The third-order valence-corrected chi connectivity index (χ3v) is 14.3. The summed E-state index contributed by atoms with van der Waals surface area (Å²) in [5.41, 5.74) is 0. The summed E-state index contributed by atoms with van der Waals surface area (Å²) < 4.78 is 16.9. The first kappa shape index (κ1) is 67.1. The molecule has 0 amide bonds. The van der Waals surface area contributed by atoms with Gasteiger partial charge in [-0.1, -0.05) is 303 Å². The van der Waals surface area contributed by atoms with Gasteiger partial charge in [-0.15, -0.1) is 0 Å². The Bertz CT molecular complexity index is 1070. The van der Waals surface area contributed by atoms with Crippen LogP contribution in [0.1, 0.15) is 355 Å². The average Bonchev–Trinajstić information content (AvgIpc) is 3.35. The SMILES string of the molecule is CCCCCCCC/C=C\CCCCCCCC(=O)OC(COC(=O)CCCCCCCCCCCCCCCCC)COC(=O)CCCCCCCCCCCCCCCCCCCCCCC. The highest BCUT2D eigenvalue weighted by Gasteiger charge is 2.19. The Labute approximate surface area is 431 Å². The molecule has 6 heteroatoms. The lowest BCUT2D eigenvalue weighted by molar-refractivity contribution is -0.167. The second-order valence-corrected chi connectivity index (χ2v) is 21.3. The van der Waals surface area contributed by atoms with E-state index in [9.17, 15) is 14.4 Å². The number of hydrogen-bond acceptors (Lipinski definition) is 6. The maximum absolute atomic E-state index is 12.9. The number of esters is 3. The first-order chi connectivity index (χ1) is 34.0. The van der Waals surface area contributed by atoms with Gasteiger partial charge in [-0.25, -0.2) is 0 Å². The van der Waals surface area contributed by atoms with Crippen LogP contribution in [0.4, 0.5) is 0 Å². The molecule has 0 saturated heterocycles. The lowest BCUT2D eigenvalue weighted by atomic mass is 10.0. The third-order valence-electron chi connectivity index (χ3n) is 14.3. The smallest absolute Gasteiger partial charge is 0.306 e. The van der Waals surface area contributed by atoms with E-state index in [0.29, 0.717) is 19.3 Å². The summed E-state index contributed by atoms with van der Waals surface area (Å²) in [6.07, 6.45) is 67.8. The monoisotopic (exact) mass is 973 g/mol. The number of rotatable bonds is 58. The summed E-state index contributed by atoms with van der Waals surface area (Å²) in [5.74, 6) is -0.847. The highest BCUT2D eigenvalue weighted by atomic mass is 16.6. The van der Waals surface area contributed by atoms with Crippen LogP contribution in [0.3, 0.4) is 0 Å². The molecular weight excluding hydrogens is 853 g/mol. The first-order valence-corrected chi connectivity index (χ1v) is 31.2. The molecular formula is C63H120O6. The second-order valence-electron chi connectivity index (χ2n) is 21.3. The molecule has 0 rings (SSSR count). The first-order valence-electron chi connectivity index (χ1n) is 31.2. The van der Waals surface area contributed by atoms with Crippen molar-refractivity contribution in [3.63, 3.8) is 0 Å². The highest BCUT2D eigenvalue weighted by molar-refractivity contribution is 5.71. The summed E-state index contributed by atoms with van der Waals surface area (Å²) in [6.45, 7) is 6.70. The number of allylic oxidation sites excluding steroid dienone is 2. The minimum atomic E-state index is -0.769. The fraction of sp³-hybridized carbons (Fsp3) is 0.921. The molecule has 408 valence electrons. The normalized spacial score (nSPS) is 12.0. The molecule has 69 heavy (non-hydrogen) atoms. The maximum atomic E-state index is 12.9. The largest absolute Gasteiger partial charge is 0.462 e. The van der Waals surface area contributed by atoms with E-state index in [2.05, 4.69) is 32.9 Å². The lowest BCUT2D eigenvalue weighted by Gasteiger charge is -2.18. The van der Waals surface area contributed by atoms with Crippen LogP contribution in [0.15, 0.2) is 12.2 Å². The zero-order chi connectivity index (χ0) is 50.0. The van der Waals surface area contributed by atoms with Gasteiger partial charge in [-0.2, -0.15) is 0 Å². The van der Waals surface area contributed by atoms with Gasteiger partial charge in [0.05, 0.1) is 0 Å². The molecule has 1 atom stereocenters. The molecule has 0 heterocycles. The van der Waals surface area contributed by atoms with Crippen molar-refractivity contribution in [1.82, 2.24) is 0 Å². The molecule has 0 aromatic heterocycles. The molecule has 1 unspecified atom stereocenters. The molecule has 0 aliphatic carbocycles. The fourth-order valence-electron chi connectivity index (χ4n) is 9.56. The van der Waals surface area contributed by atoms with Gasteiger partial charge in [0.15, 0.2) is 6.10 Å². The Balaban J connectivity index is 4.27. The van der Waals surface area contributed by atoms with Gasteiger partial charge in [-0.3, -0.25) is 14.4 Å². The molecule has 0 aliphatic rings. The lowest BCUT2D eigenvalue weighted by Crippen LogP contribution is -2.30. The molecule has 0 saturated carbocycles.